The summed E-state index contributed by atoms with van der Waals surface area (Å²) >= 11 is 6.77. The Kier molecular flexibility index (Phi) is 2.37. The molecule has 0 saturated heterocycles. The molecule has 0 atom stereocenters. The number of nitrogens with zero attached hydrogens (tertiary/aromatic N) is 1. The van der Waals surface area contributed by atoms with E-state index < -0.39 is 0 Å². The number of hydrogen-bond donors (Lipinski definition) is 2. The van der Waals surface area contributed by atoms with Crippen LogP contribution in [0, 0.1) is 0 Å². The van der Waals surface area contributed by atoms with Crippen LogP contribution in [0.2, 0.25) is 0 Å². The van der Waals surface area contributed by atoms with Gasteiger partial charge in [-0.15, -0.1) is 11.3 Å². The van der Waals surface area contributed by atoms with E-state index in [1.54, 1.807) is 23.7 Å². The number of aromatic amines is 1. The Morgan fingerprint density at radius 1 is 1.62 bits per heavy atom. The van der Waals surface area contributed by atoms with Gasteiger partial charge in [-0.25, -0.2) is 4.98 Å². The Balaban J connectivity index is 2.08. The molecule has 66 valence electrons. The zero-order valence-electron chi connectivity index (χ0n) is 6.65. The summed E-state index contributed by atoms with van der Waals surface area (Å²) < 4.78 is 0. The first-order chi connectivity index (χ1) is 6.36. The summed E-state index contributed by atoms with van der Waals surface area (Å²) in [7, 11) is 0. The first kappa shape index (κ1) is 8.40. The maximum absolute atomic E-state index is 5.16. The second-order valence-corrected chi connectivity index (χ2v) is 3.73. The lowest BCUT2D eigenvalue weighted by Crippen LogP contribution is -2.09. The summed E-state index contributed by atoms with van der Waals surface area (Å²) in [6.45, 7) is 0. The highest BCUT2D eigenvalue weighted by Crippen LogP contribution is 2.11. The predicted octanol–water partition coefficient (Wildman–Crippen LogP) is 2.26. The van der Waals surface area contributed by atoms with Crippen LogP contribution in [0.3, 0.4) is 0 Å². The Hall–Kier alpha value is -1.20. The molecule has 2 aromatic rings. The first-order valence-electron chi connectivity index (χ1n) is 3.70. The SMILES string of the molecule is S=C(Nc1ncc[nH]1)c1cccs1. The van der Waals surface area contributed by atoms with Crippen molar-refractivity contribution >= 4 is 34.5 Å². The zero-order valence-corrected chi connectivity index (χ0v) is 8.28. The molecule has 0 amide bonds. The van der Waals surface area contributed by atoms with Gasteiger partial charge in [0.1, 0.15) is 4.99 Å². The monoisotopic (exact) mass is 209 g/mol. The first-order valence-corrected chi connectivity index (χ1v) is 4.99. The maximum Gasteiger partial charge on any atom is 0.205 e. The van der Waals surface area contributed by atoms with Crippen LogP contribution in [-0.4, -0.2) is 15.0 Å². The number of hydrogen-bond acceptors (Lipinski definition) is 3. The molecule has 0 aromatic carbocycles. The Morgan fingerprint density at radius 2 is 2.54 bits per heavy atom. The minimum Gasteiger partial charge on any atom is -0.331 e. The average Bonchev–Trinajstić information content (AvgIpc) is 2.74. The van der Waals surface area contributed by atoms with Crippen molar-refractivity contribution in [3.63, 3.8) is 0 Å². The molecule has 0 bridgehead atoms. The van der Waals surface area contributed by atoms with Crippen LogP contribution in [0.1, 0.15) is 4.88 Å². The number of anilines is 1. The summed E-state index contributed by atoms with van der Waals surface area (Å²) in [5.41, 5.74) is 0. The highest BCUT2D eigenvalue weighted by molar-refractivity contribution is 7.81. The van der Waals surface area contributed by atoms with Crippen molar-refractivity contribution in [1.29, 1.82) is 0 Å². The molecule has 0 spiro atoms. The third kappa shape index (κ3) is 1.93. The van der Waals surface area contributed by atoms with E-state index in [1.165, 1.54) is 0 Å². The van der Waals surface area contributed by atoms with Crippen molar-refractivity contribution < 1.29 is 0 Å². The number of aromatic nitrogens is 2. The van der Waals surface area contributed by atoms with Crippen molar-refractivity contribution in [3.05, 3.63) is 34.8 Å². The molecule has 2 N–H and O–H groups in total. The fourth-order valence-corrected chi connectivity index (χ4v) is 1.84. The van der Waals surface area contributed by atoms with Crippen LogP contribution >= 0.6 is 23.6 Å². The predicted molar refractivity (Wildman–Crippen MR) is 58.2 cm³/mol. The van der Waals surface area contributed by atoms with Gasteiger partial charge in [-0.3, -0.25) is 0 Å². The smallest absolute Gasteiger partial charge is 0.205 e. The third-order valence-electron chi connectivity index (χ3n) is 1.48. The van der Waals surface area contributed by atoms with E-state index in [-0.39, 0.29) is 0 Å². The van der Waals surface area contributed by atoms with Gasteiger partial charge in [-0.05, 0) is 11.4 Å². The minimum atomic E-state index is 0.679. The van der Waals surface area contributed by atoms with Crippen LogP contribution in [0.5, 0.6) is 0 Å². The summed E-state index contributed by atoms with van der Waals surface area (Å²) in [6.07, 6.45) is 3.43. The largest absolute Gasteiger partial charge is 0.331 e. The van der Waals surface area contributed by atoms with Crippen LogP contribution in [0.25, 0.3) is 0 Å². The summed E-state index contributed by atoms with van der Waals surface area (Å²) in [5.74, 6) is 0.679. The summed E-state index contributed by atoms with van der Waals surface area (Å²) in [4.78, 5) is 8.69. The highest BCUT2D eigenvalue weighted by atomic mass is 32.1. The molecule has 2 heterocycles. The van der Waals surface area contributed by atoms with E-state index in [2.05, 4.69) is 15.3 Å². The Morgan fingerprint density at radius 3 is 3.15 bits per heavy atom. The number of H-pyrrole nitrogens is 1. The number of rotatable bonds is 2. The fraction of sp³-hybridized carbons (Fsp3) is 0. The van der Waals surface area contributed by atoms with E-state index in [9.17, 15) is 0 Å². The lowest BCUT2D eigenvalue weighted by molar-refractivity contribution is 1.31. The standard InChI is InChI=1S/C8H7N3S2/c12-7(6-2-1-5-13-6)11-8-9-3-4-10-8/h1-5H,(H2,9,10,11,12). The molecule has 0 aliphatic rings. The molecule has 0 unspecified atom stereocenters. The van der Waals surface area contributed by atoms with E-state index in [0.29, 0.717) is 10.9 Å². The number of thiocarbonyl (C=S) groups is 1. The third-order valence-corrected chi connectivity index (χ3v) is 2.81. The summed E-state index contributed by atoms with van der Waals surface area (Å²) in [5, 5.41) is 4.99. The van der Waals surface area contributed by atoms with Crippen molar-refractivity contribution in [2.75, 3.05) is 5.32 Å². The van der Waals surface area contributed by atoms with Gasteiger partial charge in [-0.2, -0.15) is 0 Å². The molecule has 2 aromatic heterocycles. The fourth-order valence-electron chi connectivity index (χ4n) is 0.911. The van der Waals surface area contributed by atoms with Gasteiger partial charge in [0.15, 0.2) is 0 Å². The average molecular weight is 209 g/mol. The van der Waals surface area contributed by atoms with E-state index >= 15 is 0 Å². The van der Waals surface area contributed by atoms with E-state index in [4.69, 9.17) is 12.2 Å². The second-order valence-electron chi connectivity index (χ2n) is 2.37. The lowest BCUT2D eigenvalue weighted by atomic mass is 10.5. The van der Waals surface area contributed by atoms with Gasteiger partial charge in [0, 0.05) is 12.4 Å². The van der Waals surface area contributed by atoms with Crippen LogP contribution in [0.4, 0.5) is 5.95 Å². The van der Waals surface area contributed by atoms with Gasteiger partial charge in [0.2, 0.25) is 5.95 Å². The van der Waals surface area contributed by atoms with Gasteiger partial charge in [-0.1, -0.05) is 18.3 Å². The van der Waals surface area contributed by atoms with Crippen LogP contribution in [0.15, 0.2) is 29.9 Å². The molecule has 13 heavy (non-hydrogen) atoms. The topological polar surface area (TPSA) is 40.7 Å². The molecule has 0 fully saturated rings. The zero-order chi connectivity index (χ0) is 9.10. The van der Waals surface area contributed by atoms with Gasteiger partial charge in [0.25, 0.3) is 0 Å². The summed E-state index contributed by atoms with van der Waals surface area (Å²) in [6, 6.07) is 3.94. The molecule has 0 radical (unpaired) electrons. The minimum absolute atomic E-state index is 0.679. The normalized spacial score (nSPS) is 9.85. The molecule has 3 nitrogen and oxygen atoms in total. The number of imidazole rings is 1. The lowest BCUT2D eigenvalue weighted by Gasteiger charge is -2.00. The molecular weight excluding hydrogens is 202 g/mol. The van der Waals surface area contributed by atoms with Crippen molar-refractivity contribution in [2.24, 2.45) is 0 Å². The van der Waals surface area contributed by atoms with Crippen molar-refractivity contribution in [2.45, 2.75) is 0 Å². The molecular formula is C8H7N3S2. The second kappa shape index (κ2) is 3.68. The molecule has 0 aliphatic heterocycles. The molecule has 5 heteroatoms. The molecule has 0 aliphatic carbocycles. The molecule has 2 rings (SSSR count). The van der Waals surface area contributed by atoms with Gasteiger partial charge in [0.05, 0.1) is 4.88 Å². The van der Waals surface area contributed by atoms with Crippen LogP contribution in [-0.2, 0) is 0 Å². The Labute approximate surface area is 84.8 Å². The number of nitrogens with one attached hydrogen (secondary N) is 2. The Bertz CT molecular complexity index is 377. The maximum atomic E-state index is 5.16. The van der Waals surface area contributed by atoms with Gasteiger partial charge < -0.3 is 10.3 Å². The number of thiophene rings is 1. The van der Waals surface area contributed by atoms with E-state index in [0.717, 1.165) is 4.88 Å². The molecule has 0 saturated carbocycles. The van der Waals surface area contributed by atoms with Crippen molar-refractivity contribution in [1.82, 2.24) is 9.97 Å². The van der Waals surface area contributed by atoms with Crippen LogP contribution < -0.4 is 5.32 Å². The quantitative estimate of drug-likeness (QED) is 0.745. The highest BCUT2D eigenvalue weighted by Gasteiger charge is 2.02. The van der Waals surface area contributed by atoms with Gasteiger partial charge >= 0.3 is 0 Å². The van der Waals surface area contributed by atoms with E-state index in [1.807, 2.05) is 17.5 Å². The van der Waals surface area contributed by atoms with Crippen molar-refractivity contribution in [3.8, 4) is 0 Å².